The minimum Gasteiger partial charge on any atom is -0.350 e. The van der Waals surface area contributed by atoms with Crippen LogP contribution in [0.25, 0.3) is 10.9 Å². The Labute approximate surface area is 97.1 Å². The molecule has 0 aliphatic carbocycles. The van der Waals surface area contributed by atoms with Gasteiger partial charge in [-0.15, -0.1) is 0 Å². The Morgan fingerprint density at radius 2 is 2.06 bits per heavy atom. The average molecular weight is 216 g/mol. The summed E-state index contributed by atoms with van der Waals surface area (Å²) < 4.78 is 2.18. The first kappa shape index (κ1) is 11.2. The maximum atomic E-state index is 6.11. The first-order chi connectivity index (χ1) is 7.72. The van der Waals surface area contributed by atoms with E-state index in [1.54, 1.807) is 0 Å². The number of nitrogens with two attached hydrogens (primary N) is 1. The van der Waals surface area contributed by atoms with Gasteiger partial charge in [0.2, 0.25) is 0 Å². The zero-order valence-corrected chi connectivity index (χ0v) is 10.1. The molecule has 0 aliphatic heterocycles. The van der Waals surface area contributed by atoms with Crippen molar-refractivity contribution >= 4 is 10.9 Å². The van der Waals surface area contributed by atoms with Crippen LogP contribution in [-0.4, -0.2) is 10.6 Å². The van der Waals surface area contributed by atoms with Crippen molar-refractivity contribution in [2.24, 2.45) is 12.8 Å². The van der Waals surface area contributed by atoms with Crippen LogP contribution in [0.2, 0.25) is 0 Å². The molecule has 2 nitrogen and oxygen atoms in total. The number of hydrogen-bond acceptors (Lipinski definition) is 1. The third-order valence-electron chi connectivity index (χ3n) is 3.12. The molecule has 0 saturated carbocycles. The van der Waals surface area contributed by atoms with Crippen molar-refractivity contribution in [1.29, 1.82) is 0 Å². The second-order valence-electron chi connectivity index (χ2n) is 4.54. The van der Waals surface area contributed by atoms with Crippen molar-refractivity contribution in [3.05, 3.63) is 36.0 Å². The second kappa shape index (κ2) is 4.71. The molecule has 16 heavy (non-hydrogen) atoms. The van der Waals surface area contributed by atoms with Crippen LogP contribution in [0.4, 0.5) is 0 Å². The lowest BCUT2D eigenvalue weighted by Gasteiger charge is -2.08. The summed E-state index contributed by atoms with van der Waals surface area (Å²) in [6, 6.07) is 8.80. The molecule has 2 N–H and O–H groups in total. The topological polar surface area (TPSA) is 30.9 Å². The number of para-hydroxylation sites is 1. The van der Waals surface area contributed by atoms with E-state index >= 15 is 0 Å². The lowest BCUT2D eigenvalue weighted by molar-refractivity contribution is 0.601. The van der Waals surface area contributed by atoms with E-state index in [1.807, 2.05) is 0 Å². The summed E-state index contributed by atoms with van der Waals surface area (Å²) in [6.07, 6.45) is 5.45. The van der Waals surface area contributed by atoms with Gasteiger partial charge in [0, 0.05) is 30.2 Å². The second-order valence-corrected chi connectivity index (χ2v) is 4.54. The number of benzene rings is 1. The number of rotatable bonds is 4. The zero-order valence-electron chi connectivity index (χ0n) is 10.1. The fourth-order valence-corrected chi connectivity index (χ4v) is 2.34. The Balaban J connectivity index is 2.31. The van der Waals surface area contributed by atoms with Crippen molar-refractivity contribution in [2.45, 2.75) is 32.2 Å². The van der Waals surface area contributed by atoms with Crippen LogP contribution in [0.5, 0.6) is 0 Å². The highest BCUT2D eigenvalue weighted by atomic mass is 14.9. The molecule has 1 heterocycles. The van der Waals surface area contributed by atoms with E-state index in [0.29, 0.717) is 0 Å². The van der Waals surface area contributed by atoms with E-state index in [4.69, 9.17) is 5.73 Å². The Hall–Kier alpha value is -1.28. The molecule has 0 spiro atoms. The summed E-state index contributed by atoms with van der Waals surface area (Å²) >= 11 is 0. The van der Waals surface area contributed by atoms with Gasteiger partial charge in [0.1, 0.15) is 0 Å². The molecule has 1 unspecified atom stereocenters. The summed E-state index contributed by atoms with van der Waals surface area (Å²) in [5.74, 6) is 0. The van der Waals surface area contributed by atoms with Crippen LogP contribution in [0.3, 0.4) is 0 Å². The lowest BCUT2D eigenvalue weighted by atomic mass is 10.0. The van der Waals surface area contributed by atoms with Gasteiger partial charge in [-0.05, 0) is 24.5 Å². The predicted octanol–water partition coefficient (Wildman–Crippen LogP) is 2.85. The molecule has 0 saturated heterocycles. The summed E-state index contributed by atoms with van der Waals surface area (Å²) in [6.45, 7) is 2.18. The van der Waals surface area contributed by atoms with E-state index in [2.05, 4.69) is 49.0 Å². The molecule has 1 aromatic heterocycles. The molecular formula is C14H20N2. The van der Waals surface area contributed by atoms with Gasteiger partial charge in [-0.1, -0.05) is 31.5 Å². The minimum atomic E-state index is 0.288. The van der Waals surface area contributed by atoms with Crippen molar-refractivity contribution in [3.63, 3.8) is 0 Å². The van der Waals surface area contributed by atoms with Gasteiger partial charge in [0.05, 0.1) is 0 Å². The van der Waals surface area contributed by atoms with Gasteiger partial charge < -0.3 is 10.3 Å². The fourth-order valence-electron chi connectivity index (χ4n) is 2.34. The van der Waals surface area contributed by atoms with Gasteiger partial charge in [0.25, 0.3) is 0 Å². The normalized spacial score (nSPS) is 13.2. The third-order valence-corrected chi connectivity index (χ3v) is 3.12. The summed E-state index contributed by atoms with van der Waals surface area (Å²) in [5, 5.41) is 1.34. The molecule has 2 heteroatoms. The van der Waals surface area contributed by atoms with Crippen molar-refractivity contribution in [2.75, 3.05) is 0 Å². The van der Waals surface area contributed by atoms with E-state index in [-0.39, 0.29) is 6.04 Å². The van der Waals surface area contributed by atoms with Crippen LogP contribution in [0, 0.1) is 0 Å². The Bertz CT molecular complexity index is 471. The van der Waals surface area contributed by atoms with Crippen molar-refractivity contribution in [1.82, 2.24) is 4.57 Å². The standard InChI is InChI=1S/C14H20N2/c1-3-6-12(15)9-11-10-16(2)14-8-5-4-7-13(11)14/h4-5,7-8,10,12H,3,6,9,15H2,1-2H3. The van der Waals surface area contributed by atoms with E-state index in [1.165, 1.54) is 16.5 Å². The molecule has 0 amide bonds. The van der Waals surface area contributed by atoms with Crippen LogP contribution in [0.1, 0.15) is 25.3 Å². The maximum Gasteiger partial charge on any atom is 0.0480 e. The van der Waals surface area contributed by atoms with E-state index in [9.17, 15) is 0 Å². The average Bonchev–Trinajstić information content (AvgIpc) is 2.57. The monoisotopic (exact) mass is 216 g/mol. The molecule has 1 aromatic carbocycles. The SMILES string of the molecule is CCCC(N)Cc1cn(C)c2ccccc12. The molecule has 1 atom stereocenters. The molecule has 0 fully saturated rings. The summed E-state index contributed by atoms with van der Waals surface area (Å²) in [7, 11) is 2.09. The van der Waals surface area contributed by atoms with Crippen LogP contribution in [0.15, 0.2) is 30.5 Å². The highest BCUT2D eigenvalue weighted by Gasteiger charge is 2.09. The van der Waals surface area contributed by atoms with Gasteiger partial charge >= 0.3 is 0 Å². The molecule has 0 aliphatic rings. The van der Waals surface area contributed by atoms with Gasteiger partial charge in [-0.3, -0.25) is 0 Å². The largest absolute Gasteiger partial charge is 0.350 e. The molecule has 2 aromatic rings. The quantitative estimate of drug-likeness (QED) is 0.837. The zero-order chi connectivity index (χ0) is 11.5. The van der Waals surface area contributed by atoms with Crippen LogP contribution >= 0.6 is 0 Å². The van der Waals surface area contributed by atoms with E-state index < -0.39 is 0 Å². The van der Waals surface area contributed by atoms with Crippen molar-refractivity contribution in [3.8, 4) is 0 Å². The highest BCUT2D eigenvalue weighted by molar-refractivity contribution is 5.83. The Morgan fingerprint density at radius 1 is 1.31 bits per heavy atom. The van der Waals surface area contributed by atoms with Crippen LogP contribution < -0.4 is 5.73 Å². The number of hydrogen-bond donors (Lipinski definition) is 1. The number of aryl methyl sites for hydroxylation is 1. The number of fused-ring (bicyclic) bond motifs is 1. The summed E-state index contributed by atoms with van der Waals surface area (Å²) in [4.78, 5) is 0. The molecular weight excluding hydrogens is 196 g/mol. The molecule has 0 bridgehead atoms. The predicted molar refractivity (Wildman–Crippen MR) is 69.5 cm³/mol. The highest BCUT2D eigenvalue weighted by Crippen LogP contribution is 2.21. The summed E-state index contributed by atoms with van der Waals surface area (Å²) in [5.41, 5.74) is 8.77. The first-order valence-corrected chi connectivity index (χ1v) is 6.01. The van der Waals surface area contributed by atoms with Crippen molar-refractivity contribution < 1.29 is 0 Å². The van der Waals surface area contributed by atoms with Gasteiger partial charge in [-0.2, -0.15) is 0 Å². The third kappa shape index (κ3) is 2.12. The Morgan fingerprint density at radius 3 is 2.81 bits per heavy atom. The van der Waals surface area contributed by atoms with Gasteiger partial charge in [-0.25, -0.2) is 0 Å². The smallest absolute Gasteiger partial charge is 0.0480 e. The number of aromatic nitrogens is 1. The van der Waals surface area contributed by atoms with Gasteiger partial charge in [0.15, 0.2) is 0 Å². The fraction of sp³-hybridized carbons (Fsp3) is 0.429. The Kier molecular flexibility index (Phi) is 3.30. The van der Waals surface area contributed by atoms with Crippen LogP contribution in [-0.2, 0) is 13.5 Å². The minimum absolute atomic E-state index is 0.288. The molecule has 2 rings (SSSR count). The maximum absolute atomic E-state index is 6.11. The first-order valence-electron chi connectivity index (χ1n) is 6.01. The molecule has 0 radical (unpaired) electrons. The molecule has 86 valence electrons. The number of nitrogens with zero attached hydrogens (tertiary/aromatic N) is 1. The lowest BCUT2D eigenvalue weighted by Crippen LogP contribution is -2.22. The van der Waals surface area contributed by atoms with E-state index in [0.717, 1.165) is 19.3 Å².